The second-order valence-electron chi connectivity index (χ2n) is 9.92. The Morgan fingerprint density at radius 2 is 2.05 bits per heavy atom. The Morgan fingerprint density at radius 1 is 1.28 bits per heavy atom. The molecule has 2 fully saturated rings. The summed E-state index contributed by atoms with van der Waals surface area (Å²) in [5.41, 5.74) is 1.74. The molecule has 1 unspecified atom stereocenters. The molecule has 3 aliphatic heterocycles. The first-order valence-electron chi connectivity index (χ1n) is 12.6. The van der Waals surface area contributed by atoms with Gasteiger partial charge in [-0.15, -0.1) is 0 Å². The van der Waals surface area contributed by atoms with Crippen molar-refractivity contribution in [2.75, 3.05) is 42.6 Å². The van der Waals surface area contributed by atoms with Crippen LogP contribution >= 0.6 is 0 Å². The maximum absolute atomic E-state index is 13.9. The third-order valence-corrected chi connectivity index (χ3v) is 6.96. The summed E-state index contributed by atoms with van der Waals surface area (Å²) in [5.74, 6) is -4.10. The average Bonchev–Trinajstić information content (AvgIpc) is 3.71. The summed E-state index contributed by atoms with van der Waals surface area (Å²) in [5, 5.41) is 3.40. The van der Waals surface area contributed by atoms with E-state index < -0.39 is 41.6 Å². The smallest absolute Gasteiger partial charge is 0.379 e. The number of nitrogens with one attached hydrogen (secondary N) is 1. The molecule has 1 saturated heterocycles. The summed E-state index contributed by atoms with van der Waals surface area (Å²) in [6, 6.07) is -0.00479. The van der Waals surface area contributed by atoms with Crippen molar-refractivity contribution >= 4 is 41.2 Å². The number of hydrogen-bond donors (Lipinski definition) is 1. The van der Waals surface area contributed by atoms with Crippen molar-refractivity contribution in [1.29, 1.82) is 0 Å². The Kier molecular flexibility index (Phi) is 7.27. The number of ether oxygens (including phenoxy) is 1. The van der Waals surface area contributed by atoms with E-state index in [2.05, 4.69) is 15.1 Å². The van der Waals surface area contributed by atoms with Crippen molar-refractivity contribution in [3.8, 4) is 0 Å². The molecule has 4 heterocycles. The summed E-state index contributed by atoms with van der Waals surface area (Å²) in [6.07, 6.45) is -1.16. The molecule has 0 radical (unpaired) electrons. The van der Waals surface area contributed by atoms with Gasteiger partial charge in [-0.05, 0) is 19.8 Å². The molecule has 0 bridgehead atoms. The predicted molar refractivity (Wildman–Crippen MR) is 131 cm³/mol. The molecule has 3 atom stereocenters. The monoisotopic (exact) mass is 553 g/mol. The van der Waals surface area contributed by atoms with Crippen LogP contribution in [-0.2, 0) is 19.1 Å². The molecule has 4 aliphatic rings. The number of nitrogens with zero attached hydrogens (tertiary/aromatic N) is 6. The van der Waals surface area contributed by atoms with Crippen LogP contribution in [0.2, 0.25) is 0 Å². The summed E-state index contributed by atoms with van der Waals surface area (Å²) >= 11 is 0. The zero-order valence-electron chi connectivity index (χ0n) is 21.0. The van der Waals surface area contributed by atoms with Gasteiger partial charge in [0.15, 0.2) is 11.7 Å². The largest absolute Gasteiger partial charge is 0.406 e. The number of amides is 3. The minimum Gasteiger partial charge on any atom is -0.379 e. The molecule has 5 rings (SSSR count). The Bertz CT molecular complexity index is 1220. The normalized spacial score (nSPS) is 24.9. The molecule has 1 aliphatic carbocycles. The van der Waals surface area contributed by atoms with Gasteiger partial charge >= 0.3 is 6.18 Å². The van der Waals surface area contributed by atoms with Crippen molar-refractivity contribution in [2.24, 2.45) is 16.0 Å². The predicted octanol–water partition coefficient (Wildman–Crippen LogP) is 1.28. The zero-order valence-corrected chi connectivity index (χ0v) is 21.0. The number of anilines is 2. The number of aromatic nitrogens is 1. The lowest BCUT2D eigenvalue weighted by atomic mass is 10.0. The van der Waals surface area contributed by atoms with Gasteiger partial charge in [0.25, 0.3) is 11.8 Å². The molecular weight excluding hydrogens is 526 g/mol. The summed E-state index contributed by atoms with van der Waals surface area (Å²) in [6.45, 7) is 2.32. The highest BCUT2D eigenvalue weighted by molar-refractivity contribution is 6.37. The Morgan fingerprint density at radius 3 is 2.77 bits per heavy atom. The number of aliphatic imine (C=N–C) groups is 1. The van der Waals surface area contributed by atoms with Crippen molar-refractivity contribution < 1.29 is 36.7 Å². The third kappa shape index (κ3) is 5.58. The highest BCUT2D eigenvalue weighted by Gasteiger charge is 2.50. The van der Waals surface area contributed by atoms with E-state index in [4.69, 9.17) is 4.74 Å². The topological polar surface area (TPSA) is 120 Å². The van der Waals surface area contributed by atoms with Crippen LogP contribution in [0, 0.1) is 11.7 Å². The first-order valence-corrected chi connectivity index (χ1v) is 12.6. The molecule has 15 heteroatoms. The van der Waals surface area contributed by atoms with Crippen molar-refractivity contribution in [1.82, 2.24) is 15.3 Å². The Labute approximate surface area is 220 Å². The first-order chi connectivity index (χ1) is 18.5. The standard InChI is InChI=1S/C24H27F4N7O4/c1-13(31-16-10-30-32-22(37)20(16)24(26,27)28)12-39-7-4-19(36)33-5-6-34-18(11-33)23(38)35(15-2-3-15)17-8-14(25)9-29-21(17)34/h8-10,13,15,18,20H,2-7,11-12H2,1H3,(H,32,37)/t13-,18+,20?/m0/s1. The van der Waals surface area contributed by atoms with Crippen LogP contribution in [0.3, 0.4) is 0 Å². The number of carbonyl (C=O) groups is 3. The van der Waals surface area contributed by atoms with Crippen LogP contribution in [0.5, 0.6) is 0 Å². The maximum atomic E-state index is 13.9. The van der Waals surface area contributed by atoms with E-state index in [1.54, 1.807) is 15.2 Å². The van der Waals surface area contributed by atoms with Gasteiger partial charge in [0.1, 0.15) is 11.9 Å². The second-order valence-corrected chi connectivity index (χ2v) is 9.92. The quantitative estimate of drug-likeness (QED) is 0.401. The summed E-state index contributed by atoms with van der Waals surface area (Å²) in [7, 11) is 0. The van der Waals surface area contributed by atoms with Crippen LogP contribution in [0.1, 0.15) is 26.2 Å². The molecule has 3 amide bonds. The SMILES string of the molecule is C[C@@H](COCCC(=O)N1CCN2c3ncc(F)cc3N(C3CC3)C(=O)[C@H]2C1)N=C1C=NNC(=O)C1C(F)(F)F. The number of alkyl halides is 3. The highest BCUT2D eigenvalue weighted by atomic mass is 19.4. The van der Waals surface area contributed by atoms with Gasteiger partial charge in [-0.3, -0.25) is 19.4 Å². The van der Waals surface area contributed by atoms with Gasteiger partial charge in [0.2, 0.25) is 5.91 Å². The van der Waals surface area contributed by atoms with Crippen molar-refractivity contribution in [3.63, 3.8) is 0 Å². The molecule has 210 valence electrons. The summed E-state index contributed by atoms with van der Waals surface area (Å²) in [4.78, 5) is 51.0. The van der Waals surface area contributed by atoms with Crippen LogP contribution in [0.4, 0.5) is 29.1 Å². The molecule has 0 spiro atoms. The number of piperazine rings is 1. The Balaban J connectivity index is 1.14. The number of carbonyl (C=O) groups excluding carboxylic acids is 3. The van der Waals surface area contributed by atoms with Gasteiger partial charge in [-0.1, -0.05) is 0 Å². The first kappa shape index (κ1) is 27.0. The van der Waals surface area contributed by atoms with E-state index >= 15 is 0 Å². The number of rotatable bonds is 7. The molecule has 1 aromatic rings. The molecule has 1 N–H and O–H groups in total. The van der Waals surface area contributed by atoms with Crippen LogP contribution in [0.15, 0.2) is 22.4 Å². The molecule has 39 heavy (non-hydrogen) atoms. The lowest BCUT2D eigenvalue weighted by molar-refractivity contribution is -0.168. The fraction of sp³-hybridized carbons (Fsp3) is 0.583. The molecule has 1 aromatic heterocycles. The van der Waals surface area contributed by atoms with Gasteiger partial charge < -0.3 is 19.4 Å². The van der Waals surface area contributed by atoms with E-state index in [0.717, 1.165) is 25.3 Å². The fourth-order valence-electron chi connectivity index (χ4n) is 5.01. The van der Waals surface area contributed by atoms with Gasteiger partial charge in [0, 0.05) is 25.2 Å². The van der Waals surface area contributed by atoms with E-state index in [1.807, 2.05) is 4.90 Å². The molecule has 11 nitrogen and oxygen atoms in total. The number of hydrazone groups is 1. The van der Waals surface area contributed by atoms with Crippen molar-refractivity contribution in [3.05, 3.63) is 18.1 Å². The second kappa shape index (κ2) is 10.5. The zero-order chi connectivity index (χ0) is 27.9. The number of pyridine rings is 1. The third-order valence-electron chi connectivity index (χ3n) is 6.96. The van der Waals surface area contributed by atoms with Crippen molar-refractivity contribution in [2.45, 2.75) is 50.5 Å². The van der Waals surface area contributed by atoms with E-state index in [1.165, 1.54) is 13.0 Å². The van der Waals surface area contributed by atoms with E-state index in [-0.39, 0.29) is 44.0 Å². The lowest BCUT2D eigenvalue weighted by Gasteiger charge is -2.47. The van der Waals surface area contributed by atoms with Gasteiger partial charge in [0.05, 0.1) is 56.0 Å². The summed E-state index contributed by atoms with van der Waals surface area (Å²) < 4.78 is 59.1. The van der Waals surface area contributed by atoms with Crippen LogP contribution in [-0.4, -0.2) is 96.7 Å². The molecule has 1 saturated carbocycles. The van der Waals surface area contributed by atoms with Gasteiger partial charge in [-0.25, -0.2) is 14.8 Å². The minimum atomic E-state index is -4.81. The van der Waals surface area contributed by atoms with E-state index in [0.29, 0.717) is 24.6 Å². The highest BCUT2D eigenvalue weighted by Crippen LogP contribution is 2.42. The molecule has 0 aromatic carbocycles. The van der Waals surface area contributed by atoms with Gasteiger partial charge in [-0.2, -0.15) is 18.3 Å². The van der Waals surface area contributed by atoms with Crippen LogP contribution in [0.25, 0.3) is 0 Å². The number of halogens is 4. The number of fused-ring (bicyclic) bond motifs is 3. The fourth-order valence-corrected chi connectivity index (χ4v) is 5.01. The average molecular weight is 554 g/mol. The maximum Gasteiger partial charge on any atom is 0.406 e. The van der Waals surface area contributed by atoms with Crippen LogP contribution < -0.4 is 15.2 Å². The molecular formula is C24H27F4N7O4. The number of hydrogen-bond acceptors (Lipinski definition) is 8. The minimum absolute atomic E-state index is 0.00198. The Hall–Kier alpha value is -3.62. The van der Waals surface area contributed by atoms with E-state index in [9.17, 15) is 31.9 Å². The lowest BCUT2D eigenvalue weighted by Crippen LogP contribution is -2.64.